The Labute approximate surface area is 138 Å². The van der Waals surface area contributed by atoms with Crippen LogP contribution >= 0.6 is 0 Å². The van der Waals surface area contributed by atoms with Crippen LogP contribution in [0.25, 0.3) is 0 Å². The van der Waals surface area contributed by atoms with Crippen LogP contribution in [-0.4, -0.2) is 38.6 Å². The lowest BCUT2D eigenvalue weighted by Crippen LogP contribution is -2.34. The summed E-state index contributed by atoms with van der Waals surface area (Å²) >= 11 is 0. The van der Waals surface area contributed by atoms with E-state index in [9.17, 15) is 14.4 Å². The maximum absolute atomic E-state index is 12.4. The van der Waals surface area contributed by atoms with Crippen molar-refractivity contribution in [1.82, 2.24) is 20.0 Å². The van der Waals surface area contributed by atoms with Gasteiger partial charge in [0.2, 0.25) is 5.91 Å². The Hall–Kier alpha value is -3.16. The zero-order chi connectivity index (χ0) is 17.1. The summed E-state index contributed by atoms with van der Waals surface area (Å²) in [4.78, 5) is 37.5. The van der Waals surface area contributed by atoms with Crippen LogP contribution in [0.3, 0.4) is 0 Å². The highest BCUT2D eigenvalue weighted by molar-refractivity contribution is 6.06. The number of aryl methyl sites for hydroxylation is 1. The number of urea groups is 1. The molecule has 0 saturated carbocycles. The topological polar surface area (TPSA) is 96.3 Å². The number of carbonyl (C=O) groups excluding carboxylic acids is 3. The zero-order valence-corrected chi connectivity index (χ0v) is 13.1. The normalized spacial score (nSPS) is 17.0. The number of nitrogens with one attached hydrogen (secondary N) is 2. The van der Waals surface area contributed by atoms with Crippen molar-refractivity contribution in [2.75, 3.05) is 5.32 Å². The molecule has 0 bridgehead atoms. The summed E-state index contributed by atoms with van der Waals surface area (Å²) in [6, 6.07) is 9.51. The van der Waals surface area contributed by atoms with E-state index >= 15 is 0 Å². The maximum atomic E-state index is 12.4. The van der Waals surface area contributed by atoms with E-state index in [1.54, 1.807) is 24.0 Å². The predicted molar refractivity (Wildman–Crippen MR) is 85.8 cm³/mol. The predicted octanol–water partition coefficient (Wildman–Crippen LogP) is 0.869. The first-order chi connectivity index (χ1) is 11.5. The lowest BCUT2D eigenvalue weighted by Gasteiger charge is -2.12. The molecule has 3 rings (SSSR count). The third-order valence-corrected chi connectivity index (χ3v) is 3.66. The van der Waals surface area contributed by atoms with Gasteiger partial charge in [-0.05, 0) is 5.56 Å². The van der Waals surface area contributed by atoms with Crippen LogP contribution < -0.4 is 10.6 Å². The van der Waals surface area contributed by atoms with Gasteiger partial charge in [-0.3, -0.25) is 19.2 Å². The fourth-order valence-corrected chi connectivity index (χ4v) is 2.49. The number of hydrogen-bond acceptors (Lipinski definition) is 4. The molecule has 1 aliphatic heterocycles. The molecule has 8 heteroatoms. The summed E-state index contributed by atoms with van der Waals surface area (Å²) in [5.74, 6) is -0.380. The van der Waals surface area contributed by atoms with Crippen molar-refractivity contribution in [2.24, 2.45) is 7.05 Å². The second kappa shape index (κ2) is 6.53. The lowest BCUT2D eigenvalue weighted by molar-refractivity contribution is -0.130. The average Bonchev–Trinajstić information content (AvgIpc) is 3.07. The zero-order valence-electron chi connectivity index (χ0n) is 13.1. The lowest BCUT2D eigenvalue weighted by atomic mass is 10.2. The molecule has 1 aromatic heterocycles. The van der Waals surface area contributed by atoms with E-state index < -0.39 is 18.0 Å². The van der Waals surface area contributed by atoms with Gasteiger partial charge in [0.25, 0.3) is 5.91 Å². The summed E-state index contributed by atoms with van der Waals surface area (Å²) in [5, 5.41) is 9.18. The smallest absolute Gasteiger partial charge is 0.325 e. The summed E-state index contributed by atoms with van der Waals surface area (Å²) in [6.07, 6.45) is 1.56. The van der Waals surface area contributed by atoms with Gasteiger partial charge in [0, 0.05) is 19.3 Å². The minimum atomic E-state index is -0.857. The molecule has 0 unspecified atom stereocenters. The maximum Gasteiger partial charge on any atom is 0.325 e. The quantitative estimate of drug-likeness (QED) is 0.796. The number of benzene rings is 1. The van der Waals surface area contributed by atoms with E-state index in [0.29, 0.717) is 5.82 Å². The van der Waals surface area contributed by atoms with Crippen molar-refractivity contribution in [2.45, 2.75) is 19.0 Å². The number of amides is 4. The average molecular weight is 327 g/mol. The SMILES string of the molecule is Cn1ccc(NC(=O)C[C@H]2NC(=O)N(Cc3ccccc3)C2=O)n1. The van der Waals surface area contributed by atoms with Gasteiger partial charge in [0.1, 0.15) is 6.04 Å². The Morgan fingerprint density at radius 1 is 1.25 bits per heavy atom. The van der Waals surface area contributed by atoms with Crippen LogP contribution in [0.15, 0.2) is 42.6 Å². The van der Waals surface area contributed by atoms with Crippen LogP contribution in [0, 0.1) is 0 Å². The fraction of sp³-hybridized carbons (Fsp3) is 0.250. The highest BCUT2D eigenvalue weighted by Crippen LogP contribution is 2.14. The molecule has 1 aliphatic rings. The first kappa shape index (κ1) is 15.7. The summed E-state index contributed by atoms with van der Waals surface area (Å²) in [5.41, 5.74) is 0.847. The van der Waals surface area contributed by atoms with Crippen molar-refractivity contribution in [3.05, 3.63) is 48.2 Å². The minimum absolute atomic E-state index is 0.133. The van der Waals surface area contributed by atoms with E-state index in [1.807, 2.05) is 30.3 Å². The van der Waals surface area contributed by atoms with Crippen LogP contribution in [0.2, 0.25) is 0 Å². The Balaban J connectivity index is 1.60. The number of hydrogen-bond donors (Lipinski definition) is 2. The van der Waals surface area contributed by atoms with Crippen molar-refractivity contribution in [1.29, 1.82) is 0 Å². The van der Waals surface area contributed by atoms with E-state index in [-0.39, 0.29) is 18.9 Å². The van der Waals surface area contributed by atoms with Crippen LogP contribution in [0.5, 0.6) is 0 Å². The third-order valence-electron chi connectivity index (χ3n) is 3.66. The molecule has 1 fully saturated rings. The Morgan fingerprint density at radius 3 is 2.67 bits per heavy atom. The molecule has 1 saturated heterocycles. The summed E-state index contributed by atoms with van der Waals surface area (Å²) in [6.45, 7) is 0.184. The summed E-state index contributed by atoms with van der Waals surface area (Å²) in [7, 11) is 1.73. The molecular weight excluding hydrogens is 310 g/mol. The first-order valence-corrected chi connectivity index (χ1v) is 7.48. The van der Waals surface area contributed by atoms with Gasteiger partial charge in [0.05, 0.1) is 13.0 Å². The van der Waals surface area contributed by atoms with E-state index in [0.717, 1.165) is 10.5 Å². The van der Waals surface area contributed by atoms with Crippen molar-refractivity contribution in [3.63, 3.8) is 0 Å². The van der Waals surface area contributed by atoms with Gasteiger partial charge in [0.15, 0.2) is 5.82 Å². The highest BCUT2D eigenvalue weighted by atomic mass is 16.2. The Morgan fingerprint density at radius 2 is 2.00 bits per heavy atom. The second-order valence-corrected chi connectivity index (χ2v) is 5.54. The molecule has 24 heavy (non-hydrogen) atoms. The fourth-order valence-electron chi connectivity index (χ4n) is 2.49. The molecule has 2 aromatic rings. The van der Waals surface area contributed by atoms with E-state index in [2.05, 4.69) is 15.7 Å². The Bertz CT molecular complexity index is 771. The third kappa shape index (κ3) is 3.43. The standard InChI is InChI=1S/C16H17N5O3/c1-20-8-7-13(19-20)18-14(22)9-12-15(23)21(16(24)17-12)10-11-5-3-2-4-6-11/h2-8,12H,9-10H2,1H3,(H,17,24)(H,18,19,22)/t12-/m1/s1. The van der Waals surface area contributed by atoms with Crippen LogP contribution in [0.1, 0.15) is 12.0 Å². The number of imide groups is 1. The minimum Gasteiger partial charge on any atom is -0.325 e. The number of rotatable bonds is 5. The van der Waals surface area contributed by atoms with Crippen LogP contribution in [-0.2, 0) is 23.2 Å². The molecule has 1 aromatic carbocycles. The molecule has 0 aliphatic carbocycles. The molecule has 124 valence electrons. The molecule has 8 nitrogen and oxygen atoms in total. The molecule has 2 N–H and O–H groups in total. The number of nitrogens with zero attached hydrogens (tertiary/aromatic N) is 3. The molecular formula is C16H17N5O3. The Kier molecular flexibility index (Phi) is 4.28. The monoisotopic (exact) mass is 327 g/mol. The van der Waals surface area contributed by atoms with Gasteiger partial charge in [-0.1, -0.05) is 30.3 Å². The number of aromatic nitrogens is 2. The number of carbonyl (C=O) groups is 3. The largest absolute Gasteiger partial charge is 0.325 e. The van der Waals surface area contributed by atoms with Gasteiger partial charge in [-0.2, -0.15) is 5.10 Å². The van der Waals surface area contributed by atoms with Crippen molar-refractivity contribution in [3.8, 4) is 0 Å². The van der Waals surface area contributed by atoms with Gasteiger partial charge < -0.3 is 10.6 Å². The highest BCUT2D eigenvalue weighted by Gasteiger charge is 2.38. The van der Waals surface area contributed by atoms with Crippen molar-refractivity contribution >= 4 is 23.7 Å². The second-order valence-electron chi connectivity index (χ2n) is 5.54. The van der Waals surface area contributed by atoms with Crippen LogP contribution in [0.4, 0.5) is 10.6 Å². The molecule has 4 amide bonds. The first-order valence-electron chi connectivity index (χ1n) is 7.48. The van der Waals surface area contributed by atoms with Gasteiger partial charge in [-0.15, -0.1) is 0 Å². The van der Waals surface area contributed by atoms with Crippen molar-refractivity contribution < 1.29 is 14.4 Å². The molecule has 0 radical (unpaired) electrons. The molecule has 2 heterocycles. The molecule has 1 atom stereocenters. The van der Waals surface area contributed by atoms with Gasteiger partial charge >= 0.3 is 6.03 Å². The summed E-state index contributed by atoms with van der Waals surface area (Å²) < 4.78 is 1.56. The number of anilines is 1. The van der Waals surface area contributed by atoms with E-state index in [4.69, 9.17) is 0 Å². The molecule has 0 spiro atoms. The van der Waals surface area contributed by atoms with E-state index in [1.165, 1.54) is 0 Å². The van der Waals surface area contributed by atoms with Gasteiger partial charge in [-0.25, -0.2) is 4.79 Å².